The number of hydrogen-bond donors (Lipinski definition) is 2. The SMILES string of the molecule is CNC(=O)Cn1c(=O)[nH]c2ncc(-c3ccc(F)cc3OC)cc21. The average Bonchev–Trinajstić information content (AvgIpc) is 2.89. The molecular formula is C16H15FN4O3. The molecule has 0 unspecified atom stereocenters. The van der Waals surface area contributed by atoms with Gasteiger partial charge in [0.1, 0.15) is 18.1 Å². The van der Waals surface area contributed by atoms with E-state index in [4.69, 9.17) is 4.74 Å². The zero-order valence-electron chi connectivity index (χ0n) is 13.1. The van der Waals surface area contributed by atoms with Crippen LogP contribution in [0.3, 0.4) is 0 Å². The summed E-state index contributed by atoms with van der Waals surface area (Å²) in [5.41, 5.74) is 1.70. The molecule has 0 saturated heterocycles. The van der Waals surface area contributed by atoms with E-state index in [-0.39, 0.29) is 12.5 Å². The van der Waals surface area contributed by atoms with Crippen LogP contribution in [0.5, 0.6) is 5.75 Å². The molecule has 0 radical (unpaired) electrons. The van der Waals surface area contributed by atoms with Crippen molar-refractivity contribution < 1.29 is 13.9 Å². The van der Waals surface area contributed by atoms with Gasteiger partial charge in [-0.15, -0.1) is 0 Å². The third kappa shape index (κ3) is 2.73. The van der Waals surface area contributed by atoms with Gasteiger partial charge in [-0.05, 0) is 18.2 Å². The second-order valence-corrected chi connectivity index (χ2v) is 5.13. The average molecular weight is 330 g/mol. The Morgan fingerprint density at radius 3 is 2.92 bits per heavy atom. The summed E-state index contributed by atoms with van der Waals surface area (Å²) in [6.45, 7) is -0.124. The molecule has 24 heavy (non-hydrogen) atoms. The van der Waals surface area contributed by atoms with Gasteiger partial charge in [-0.25, -0.2) is 14.2 Å². The minimum Gasteiger partial charge on any atom is -0.496 e. The van der Waals surface area contributed by atoms with E-state index in [0.29, 0.717) is 28.0 Å². The van der Waals surface area contributed by atoms with Crippen molar-refractivity contribution in [2.75, 3.05) is 14.2 Å². The number of H-pyrrole nitrogens is 1. The van der Waals surface area contributed by atoms with E-state index in [1.165, 1.54) is 30.9 Å². The molecule has 3 rings (SSSR count). The lowest BCUT2D eigenvalue weighted by Gasteiger charge is -2.09. The molecule has 0 aliphatic heterocycles. The van der Waals surface area contributed by atoms with Gasteiger partial charge in [-0.3, -0.25) is 14.3 Å². The van der Waals surface area contributed by atoms with Crippen molar-refractivity contribution in [3.63, 3.8) is 0 Å². The van der Waals surface area contributed by atoms with E-state index in [0.717, 1.165) is 0 Å². The number of amides is 1. The van der Waals surface area contributed by atoms with Crippen LogP contribution in [-0.2, 0) is 11.3 Å². The van der Waals surface area contributed by atoms with Gasteiger partial charge in [0.15, 0.2) is 5.65 Å². The Kier molecular flexibility index (Phi) is 4.03. The van der Waals surface area contributed by atoms with Crippen molar-refractivity contribution >= 4 is 17.1 Å². The monoisotopic (exact) mass is 330 g/mol. The van der Waals surface area contributed by atoms with Gasteiger partial charge in [-0.1, -0.05) is 0 Å². The largest absolute Gasteiger partial charge is 0.496 e. The Morgan fingerprint density at radius 1 is 1.42 bits per heavy atom. The highest BCUT2D eigenvalue weighted by molar-refractivity contribution is 5.82. The molecule has 0 spiro atoms. The number of carbonyl (C=O) groups excluding carboxylic acids is 1. The molecule has 2 aromatic heterocycles. The second kappa shape index (κ2) is 6.15. The summed E-state index contributed by atoms with van der Waals surface area (Å²) in [6.07, 6.45) is 1.55. The van der Waals surface area contributed by atoms with Crippen LogP contribution in [0.4, 0.5) is 4.39 Å². The number of hydrogen-bond acceptors (Lipinski definition) is 4. The number of imidazole rings is 1. The number of carbonyl (C=O) groups is 1. The first-order chi connectivity index (χ1) is 11.5. The van der Waals surface area contributed by atoms with Gasteiger partial charge >= 0.3 is 5.69 Å². The molecule has 0 aliphatic rings. The van der Waals surface area contributed by atoms with Crippen molar-refractivity contribution in [1.82, 2.24) is 19.9 Å². The van der Waals surface area contributed by atoms with E-state index in [9.17, 15) is 14.0 Å². The normalized spacial score (nSPS) is 10.8. The summed E-state index contributed by atoms with van der Waals surface area (Å²) >= 11 is 0. The molecule has 7 nitrogen and oxygen atoms in total. The number of pyridine rings is 1. The number of aromatic amines is 1. The Hall–Kier alpha value is -3.16. The molecule has 8 heteroatoms. The van der Waals surface area contributed by atoms with Crippen molar-refractivity contribution in [3.8, 4) is 16.9 Å². The minimum atomic E-state index is -0.427. The number of nitrogens with one attached hydrogen (secondary N) is 2. The predicted molar refractivity (Wildman–Crippen MR) is 86.4 cm³/mol. The van der Waals surface area contributed by atoms with Gasteiger partial charge in [0.2, 0.25) is 5.91 Å². The van der Waals surface area contributed by atoms with Crippen molar-refractivity contribution in [1.29, 1.82) is 0 Å². The fraction of sp³-hybridized carbons (Fsp3) is 0.188. The Labute approximate surface area is 136 Å². The van der Waals surface area contributed by atoms with Gasteiger partial charge in [0, 0.05) is 30.4 Å². The van der Waals surface area contributed by atoms with Crippen LogP contribution >= 0.6 is 0 Å². The molecule has 2 heterocycles. The number of ether oxygens (including phenoxy) is 1. The predicted octanol–water partition coefficient (Wildman–Crippen LogP) is 1.29. The van der Waals surface area contributed by atoms with Crippen LogP contribution in [0.25, 0.3) is 22.3 Å². The number of methoxy groups -OCH3 is 1. The van der Waals surface area contributed by atoms with Gasteiger partial charge < -0.3 is 10.1 Å². The molecule has 0 aliphatic carbocycles. The van der Waals surface area contributed by atoms with Gasteiger partial charge in [0.05, 0.1) is 12.6 Å². The lowest BCUT2D eigenvalue weighted by Crippen LogP contribution is -2.28. The number of halogens is 1. The number of benzene rings is 1. The summed E-state index contributed by atoms with van der Waals surface area (Å²) in [7, 11) is 2.94. The highest BCUT2D eigenvalue weighted by Crippen LogP contribution is 2.31. The third-order valence-electron chi connectivity index (χ3n) is 3.68. The number of nitrogens with zero attached hydrogens (tertiary/aromatic N) is 2. The van der Waals surface area contributed by atoms with Crippen molar-refractivity contribution in [3.05, 3.63) is 46.8 Å². The van der Waals surface area contributed by atoms with Crippen LogP contribution in [0, 0.1) is 5.82 Å². The van der Waals surface area contributed by atoms with E-state index in [1.54, 1.807) is 18.3 Å². The maximum atomic E-state index is 13.4. The topological polar surface area (TPSA) is 89.0 Å². The highest BCUT2D eigenvalue weighted by Gasteiger charge is 2.14. The van der Waals surface area contributed by atoms with Crippen molar-refractivity contribution in [2.45, 2.75) is 6.54 Å². The lowest BCUT2D eigenvalue weighted by molar-refractivity contribution is -0.121. The molecule has 1 aromatic carbocycles. The number of likely N-dealkylation sites (N-methyl/N-ethyl adjacent to an activating group) is 1. The molecule has 3 aromatic rings. The van der Waals surface area contributed by atoms with Crippen LogP contribution in [0.15, 0.2) is 35.3 Å². The number of fused-ring (bicyclic) bond motifs is 1. The Balaban J connectivity index is 2.16. The lowest BCUT2D eigenvalue weighted by atomic mass is 10.1. The molecule has 0 atom stereocenters. The maximum absolute atomic E-state index is 13.4. The molecule has 2 N–H and O–H groups in total. The smallest absolute Gasteiger partial charge is 0.328 e. The molecule has 0 saturated carbocycles. The third-order valence-corrected chi connectivity index (χ3v) is 3.68. The first-order valence-corrected chi connectivity index (χ1v) is 7.16. The zero-order valence-corrected chi connectivity index (χ0v) is 13.1. The number of aromatic nitrogens is 3. The Bertz CT molecular complexity index is 977. The van der Waals surface area contributed by atoms with Crippen LogP contribution in [-0.4, -0.2) is 34.6 Å². The maximum Gasteiger partial charge on any atom is 0.328 e. The fourth-order valence-electron chi connectivity index (χ4n) is 2.46. The van der Waals surface area contributed by atoms with Crippen LogP contribution in [0.1, 0.15) is 0 Å². The summed E-state index contributed by atoms with van der Waals surface area (Å²) < 4.78 is 19.9. The molecular weight excluding hydrogens is 315 g/mol. The fourth-order valence-corrected chi connectivity index (χ4v) is 2.46. The summed E-state index contributed by atoms with van der Waals surface area (Å²) in [5, 5.41) is 2.47. The van der Waals surface area contributed by atoms with Gasteiger partial charge in [-0.2, -0.15) is 0 Å². The first kappa shape index (κ1) is 15.7. The molecule has 0 fully saturated rings. The minimum absolute atomic E-state index is 0.124. The zero-order chi connectivity index (χ0) is 17.3. The van der Waals surface area contributed by atoms with Crippen molar-refractivity contribution in [2.24, 2.45) is 0 Å². The molecule has 1 amide bonds. The highest BCUT2D eigenvalue weighted by atomic mass is 19.1. The molecule has 124 valence electrons. The quantitative estimate of drug-likeness (QED) is 0.754. The van der Waals surface area contributed by atoms with Crippen LogP contribution < -0.4 is 15.7 Å². The summed E-state index contributed by atoms with van der Waals surface area (Å²) in [5.74, 6) is -0.363. The summed E-state index contributed by atoms with van der Waals surface area (Å²) in [4.78, 5) is 30.4. The second-order valence-electron chi connectivity index (χ2n) is 5.13. The standard InChI is InChI=1S/C16H15FN4O3/c1-18-14(22)8-21-12-5-9(7-19-15(12)20-16(21)23)11-4-3-10(17)6-13(11)24-2/h3-7H,8H2,1-2H3,(H,18,22)(H,19,20,23). The summed E-state index contributed by atoms with van der Waals surface area (Å²) in [6, 6.07) is 5.87. The van der Waals surface area contributed by atoms with E-state index >= 15 is 0 Å². The first-order valence-electron chi connectivity index (χ1n) is 7.16. The van der Waals surface area contributed by atoms with E-state index < -0.39 is 11.5 Å². The van der Waals surface area contributed by atoms with Gasteiger partial charge in [0.25, 0.3) is 0 Å². The Morgan fingerprint density at radius 2 is 2.21 bits per heavy atom. The van der Waals surface area contributed by atoms with E-state index in [1.807, 2.05) is 0 Å². The van der Waals surface area contributed by atoms with E-state index in [2.05, 4.69) is 15.3 Å². The number of rotatable bonds is 4. The molecule has 0 bridgehead atoms. The van der Waals surface area contributed by atoms with Crippen LogP contribution in [0.2, 0.25) is 0 Å².